The van der Waals surface area contributed by atoms with Crippen molar-refractivity contribution in [1.29, 1.82) is 0 Å². The molecule has 2 nitrogen and oxygen atoms in total. The number of benzene rings is 1. The van der Waals surface area contributed by atoms with E-state index in [-0.39, 0.29) is 0 Å². The zero-order valence-electron chi connectivity index (χ0n) is 8.68. The van der Waals surface area contributed by atoms with Crippen molar-refractivity contribution in [3.05, 3.63) is 29.8 Å². The molecule has 0 unspecified atom stereocenters. The molecule has 0 fully saturated rings. The van der Waals surface area contributed by atoms with Gasteiger partial charge in [0.1, 0.15) is 5.67 Å². The maximum atomic E-state index is 13.2. The Bertz CT molecular complexity index is 292. The topological polar surface area (TPSA) is 38.0 Å². The minimum Gasteiger partial charge on any atom is -0.382 e. The van der Waals surface area contributed by atoms with Crippen molar-refractivity contribution >= 4 is 5.69 Å². The van der Waals surface area contributed by atoms with Crippen molar-refractivity contribution in [3.8, 4) is 0 Å². The van der Waals surface area contributed by atoms with Gasteiger partial charge in [0.05, 0.1) is 0 Å². The van der Waals surface area contributed by atoms with Crippen molar-refractivity contribution < 1.29 is 4.39 Å². The number of halogens is 1. The molecule has 0 bridgehead atoms. The Labute approximate surface area is 84.3 Å². The fourth-order valence-electron chi connectivity index (χ4n) is 1.18. The van der Waals surface area contributed by atoms with Crippen LogP contribution in [0.3, 0.4) is 0 Å². The maximum absolute atomic E-state index is 13.2. The molecule has 0 amide bonds. The summed E-state index contributed by atoms with van der Waals surface area (Å²) in [6, 6.07) is 7.68. The van der Waals surface area contributed by atoms with Crippen LogP contribution in [-0.4, -0.2) is 12.2 Å². The van der Waals surface area contributed by atoms with Gasteiger partial charge in [-0.1, -0.05) is 18.2 Å². The number of hydrogen-bond acceptors (Lipinski definition) is 2. The highest BCUT2D eigenvalue weighted by atomic mass is 19.1. The first-order valence-corrected chi connectivity index (χ1v) is 4.74. The Morgan fingerprint density at radius 2 is 2.00 bits per heavy atom. The summed E-state index contributed by atoms with van der Waals surface area (Å²) in [5.41, 5.74) is 6.28. The number of hydrogen-bond donors (Lipinski definition) is 2. The van der Waals surface area contributed by atoms with Gasteiger partial charge in [-0.05, 0) is 25.5 Å². The molecule has 78 valence electrons. The number of nitrogens with one attached hydrogen (secondary N) is 1. The van der Waals surface area contributed by atoms with Crippen molar-refractivity contribution in [2.75, 3.05) is 11.9 Å². The fourth-order valence-corrected chi connectivity index (χ4v) is 1.18. The molecular weight excluding hydrogens is 179 g/mol. The lowest BCUT2D eigenvalue weighted by Gasteiger charge is -2.17. The molecule has 0 radical (unpaired) electrons. The van der Waals surface area contributed by atoms with Crippen LogP contribution in [0, 0.1) is 0 Å². The van der Waals surface area contributed by atoms with E-state index >= 15 is 0 Å². The Kier molecular flexibility index (Phi) is 3.47. The van der Waals surface area contributed by atoms with Crippen LogP contribution in [0.5, 0.6) is 0 Å². The number of para-hydroxylation sites is 1. The summed E-state index contributed by atoms with van der Waals surface area (Å²) in [6.45, 7) is 3.86. The molecule has 14 heavy (non-hydrogen) atoms. The molecule has 0 saturated heterocycles. The summed E-state index contributed by atoms with van der Waals surface area (Å²) in [5.74, 6) is 0. The van der Waals surface area contributed by atoms with E-state index in [0.29, 0.717) is 13.1 Å². The van der Waals surface area contributed by atoms with Crippen molar-refractivity contribution in [2.24, 2.45) is 5.73 Å². The highest BCUT2D eigenvalue weighted by Gasteiger charge is 2.14. The summed E-state index contributed by atoms with van der Waals surface area (Å²) in [5, 5.41) is 3.05. The van der Waals surface area contributed by atoms with Crippen LogP contribution in [0.25, 0.3) is 0 Å². The van der Waals surface area contributed by atoms with Crippen LogP contribution in [0.1, 0.15) is 19.4 Å². The summed E-state index contributed by atoms with van der Waals surface area (Å²) in [7, 11) is 0. The second kappa shape index (κ2) is 4.42. The van der Waals surface area contributed by atoms with Gasteiger partial charge >= 0.3 is 0 Å². The third-order valence-electron chi connectivity index (χ3n) is 1.94. The first-order valence-electron chi connectivity index (χ1n) is 4.74. The SMILES string of the molecule is CC(C)(F)CNc1ccccc1CN. The van der Waals surface area contributed by atoms with Crippen molar-refractivity contribution in [3.63, 3.8) is 0 Å². The minimum absolute atomic E-state index is 0.296. The number of anilines is 1. The molecule has 0 aliphatic heterocycles. The largest absolute Gasteiger partial charge is 0.382 e. The lowest BCUT2D eigenvalue weighted by atomic mass is 10.1. The highest BCUT2D eigenvalue weighted by Crippen LogP contribution is 2.16. The second-order valence-corrected chi connectivity index (χ2v) is 3.93. The predicted molar refractivity (Wildman–Crippen MR) is 58.0 cm³/mol. The van der Waals surface area contributed by atoms with Gasteiger partial charge in [-0.3, -0.25) is 0 Å². The third kappa shape index (κ3) is 3.34. The van der Waals surface area contributed by atoms with Gasteiger partial charge in [-0.15, -0.1) is 0 Å². The monoisotopic (exact) mass is 196 g/mol. The van der Waals surface area contributed by atoms with Crippen LogP contribution in [0.4, 0.5) is 10.1 Å². The quantitative estimate of drug-likeness (QED) is 0.775. The Morgan fingerprint density at radius 3 is 2.57 bits per heavy atom. The first kappa shape index (κ1) is 11.0. The lowest BCUT2D eigenvalue weighted by Crippen LogP contribution is -2.25. The van der Waals surface area contributed by atoms with Gasteiger partial charge in [0.25, 0.3) is 0 Å². The molecule has 0 atom stereocenters. The summed E-state index contributed by atoms with van der Waals surface area (Å²) >= 11 is 0. The van der Waals surface area contributed by atoms with Gasteiger partial charge in [-0.25, -0.2) is 4.39 Å². The fraction of sp³-hybridized carbons (Fsp3) is 0.455. The van der Waals surface area contributed by atoms with Crippen LogP contribution in [0.15, 0.2) is 24.3 Å². The molecule has 0 aliphatic rings. The molecule has 0 saturated carbocycles. The van der Waals surface area contributed by atoms with Crippen LogP contribution in [-0.2, 0) is 6.54 Å². The molecule has 0 aliphatic carbocycles. The molecular formula is C11H17FN2. The summed E-state index contributed by atoms with van der Waals surface area (Å²) in [6.07, 6.45) is 0. The summed E-state index contributed by atoms with van der Waals surface area (Å²) < 4.78 is 13.2. The predicted octanol–water partition coefficient (Wildman–Crippen LogP) is 2.31. The third-order valence-corrected chi connectivity index (χ3v) is 1.94. The highest BCUT2D eigenvalue weighted by molar-refractivity contribution is 5.51. The number of nitrogens with two attached hydrogens (primary N) is 1. The van der Waals surface area contributed by atoms with Gasteiger partial charge in [0.15, 0.2) is 0 Å². The molecule has 0 heterocycles. The average Bonchev–Trinajstić information content (AvgIpc) is 2.14. The lowest BCUT2D eigenvalue weighted by molar-refractivity contribution is 0.235. The second-order valence-electron chi connectivity index (χ2n) is 3.93. The molecule has 0 aromatic heterocycles. The van der Waals surface area contributed by atoms with Crippen LogP contribution in [0.2, 0.25) is 0 Å². The van der Waals surface area contributed by atoms with E-state index in [1.54, 1.807) is 13.8 Å². The standard InChI is InChI=1S/C11H17FN2/c1-11(2,12)8-14-10-6-4-3-5-9(10)7-13/h3-6,14H,7-8,13H2,1-2H3. The first-order chi connectivity index (χ1) is 6.53. The van der Waals surface area contributed by atoms with Gasteiger partial charge < -0.3 is 11.1 Å². The number of alkyl halides is 1. The van der Waals surface area contributed by atoms with E-state index in [9.17, 15) is 4.39 Å². The Hall–Kier alpha value is -1.09. The molecule has 1 rings (SSSR count). The number of rotatable bonds is 4. The van der Waals surface area contributed by atoms with Crippen molar-refractivity contribution in [1.82, 2.24) is 0 Å². The molecule has 0 spiro atoms. The molecule has 1 aromatic rings. The van der Waals surface area contributed by atoms with Crippen LogP contribution < -0.4 is 11.1 Å². The van der Waals surface area contributed by atoms with Crippen LogP contribution >= 0.6 is 0 Å². The van der Waals surface area contributed by atoms with E-state index in [0.717, 1.165) is 11.3 Å². The van der Waals surface area contributed by atoms with Gasteiger partial charge in [-0.2, -0.15) is 0 Å². The minimum atomic E-state index is -1.21. The van der Waals surface area contributed by atoms with Gasteiger partial charge in [0.2, 0.25) is 0 Å². The zero-order chi connectivity index (χ0) is 10.6. The molecule has 3 N–H and O–H groups in total. The van der Waals surface area contributed by atoms with E-state index in [1.165, 1.54) is 0 Å². The normalized spacial score (nSPS) is 11.4. The van der Waals surface area contributed by atoms with E-state index in [2.05, 4.69) is 5.32 Å². The Balaban J connectivity index is 2.67. The van der Waals surface area contributed by atoms with E-state index < -0.39 is 5.67 Å². The van der Waals surface area contributed by atoms with E-state index in [1.807, 2.05) is 24.3 Å². The average molecular weight is 196 g/mol. The maximum Gasteiger partial charge on any atom is 0.122 e. The summed E-state index contributed by atoms with van der Waals surface area (Å²) in [4.78, 5) is 0. The zero-order valence-corrected chi connectivity index (χ0v) is 8.68. The Morgan fingerprint density at radius 1 is 1.36 bits per heavy atom. The van der Waals surface area contributed by atoms with Gasteiger partial charge in [0, 0.05) is 18.8 Å². The molecule has 1 aromatic carbocycles. The smallest absolute Gasteiger partial charge is 0.122 e. The van der Waals surface area contributed by atoms with E-state index in [4.69, 9.17) is 5.73 Å². The molecule has 3 heteroatoms. The van der Waals surface area contributed by atoms with Crippen molar-refractivity contribution in [2.45, 2.75) is 26.1 Å².